The van der Waals surface area contributed by atoms with E-state index in [0.29, 0.717) is 24.5 Å². The summed E-state index contributed by atoms with van der Waals surface area (Å²) in [5.41, 5.74) is 6.58. The fourth-order valence-corrected chi connectivity index (χ4v) is 4.86. The molecule has 0 saturated heterocycles. The number of methoxy groups -OCH3 is 1. The number of hydrogen-bond acceptors (Lipinski definition) is 2. The van der Waals surface area contributed by atoms with Crippen LogP contribution in [0.15, 0.2) is 60.7 Å². The summed E-state index contributed by atoms with van der Waals surface area (Å²) >= 11 is 0. The fraction of sp³-hybridized carbons (Fsp3) is 0.379. The lowest BCUT2D eigenvalue weighted by Gasteiger charge is -2.26. The molecule has 1 aliphatic rings. The highest BCUT2D eigenvalue weighted by molar-refractivity contribution is 5.72. The molecule has 168 valence electrons. The van der Waals surface area contributed by atoms with Gasteiger partial charge in [-0.2, -0.15) is 0 Å². The molecule has 0 spiro atoms. The minimum absolute atomic E-state index is 0.0311. The van der Waals surface area contributed by atoms with Gasteiger partial charge in [0.15, 0.2) is 0 Å². The van der Waals surface area contributed by atoms with Crippen molar-refractivity contribution < 1.29 is 14.2 Å². The smallest absolute Gasteiger partial charge is 0.131 e. The Labute approximate surface area is 191 Å². The first-order chi connectivity index (χ1) is 15.6. The average Bonchev–Trinajstić information content (AvgIpc) is 2.83. The summed E-state index contributed by atoms with van der Waals surface area (Å²) in [5, 5.41) is 9.60. The first-order valence-corrected chi connectivity index (χ1v) is 11.7. The van der Waals surface area contributed by atoms with Crippen molar-refractivity contribution in [2.24, 2.45) is 5.92 Å². The average molecular weight is 433 g/mol. The van der Waals surface area contributed by atoms with E-state index in [-0.39, 0.29) is 12.4 Å². The molecule has 3 heteroatoms. The van der Waals surface area contributed by atoms with Crippen LogP contribution in [0.2, 0.25) is 0 Å². The van der Waals surface area contributed by atoms with Gasteiger partial charge in [-0.15, -0.1) is 0 Å². The van der Waals surface area contributed by atoms with Gasteiger partial charge in [-0.25, -0.2) is 4.39 Å². The zero-order valence-electron chi connectivity index (χ0n) is 19.1. The number of rotatable bonds is 7. The molecular weight excluding hydrogens is 399 g/mol. The molecule has 0 aliphatic heterocycles. The summed E-state index contributed by atoms with van der Waals surface area (Å²) in [6.07, 6.45) is 5.85. The van der Waals surface area contributed by atoms with Crippen LogP contribution in [0, 0.1) is 11.7 Å². The van der Waals surface area contributed by atoms with Crippen LogP contribution in [0.3, 0.4) is 0 Å². The Hall–Kier alpha value is -2.49. The number of hydrogen-bond donors (Lipinski definition) is 1. The molecule has 0 radical (unpaired) electrons. The lowest BCUT2D eigenvalue weighted by Crippen LogP contribution is -2.10. The van der Waals surface area contributed by atoms with Crippen LogP contribution in [0.25, 0.3) is 22.3 Å². The molecule has 1 aliphatic carbocycles. The van der Waals surface area contributed by atoms with Gasteiger partial charge in [-0.05, 0) is 70.5 Å². The van der Waals surface area contributed by atoms with Crippen molar-refractivity contribution in [2.75, 3.05) is 13.7 Å². The molecule has 0 amide bonds. The molecule has 32 heavy (non-hydrogen) atoms. The third-order valence-corrected chi connectivity index (χ3v) is 6.96. The maximum absolute atomic E-state index is 15.1. The molecule has 0 atom stereocenters. The molecule has 0 bridgehead atoms. The summed E-state index contributed by atoms with van der Waals surface area (Å²) in [6.45, 7) is 2.88. The SMILES string of the molecule is COCCc1cc(-c2ccc(-c3ccc(C4CCC(C)CC4)cc3)cc2F)ccc1CO. The molecule has 1 fully saturated rings. The number of aliphatic hydroxyl groups is 1. The number of benzene rings is 3. The first-order valence-electron chi connectivity index (χ1n) is 11.7. The second kappa shape index (κ2) is 10.4. The number of halogens is 1. The molecule has 0 heterocycles. The van der Waals surface area contributed by atoms with Gasteiger partial charge in [0, 0.05) is 12.7 Å². The molecule has 0 aromatic heterocycles. The maximum Gasteiger partial charge on any atom is 0.131 e. The fourth-order valence-electron chi connectivity index (χ4n) is 4.86. The number of aliphatic hydroxyl groups excluding tert-OH is 1. The highest BCUT2D eigenvalue weighted by Gasteiger charge is 2.19. The van der Waals surface area contributed by atoms with Gasteiger partial charge in [-0.1, -0.05) is 74.4 Å². The molecule has 1 saturated carbocycles. The Morgan fingerprint density at radius 1 is 0.844 bits per heavy atom. The Bertz CT molecular complexity index is 1030. The van der Waals surface area contributed by atoms with Crippen molar-refractivity contribution in [3.63, 3.8) is 0 Å². The second-order valence-electron chi connectivity index (χ2n) is 9.16. The Morgan fingerprint density at radius 2 is 1.53 bits per heavy atom. The van der Waals surface area contributed by atoms with Crippen molar-refractivity contribution in [3.05, 3.63) is 83.2 Å². The predicted octanol–water partition coefficient (Wildman–Crippen LogP) is 7.13. The highest BCUT2D eigenvalue weighted by atomic mass is 19.1. The van der Waals surface area contributed by atoms with Crippen LogP contribution in [0.1, 0.15) is 55.2 Å². The molecule has 3 aromatic rings. The van der Waals surface area contributed by atoms with Crippen molar-refractivity contribution in [1.29, 1.82) is 0 Å². The van der Waals surface area contributed by atoms with E-state index in [1.807, 2.05) is 30.3 Å². The van der Waals surface area contributed by atoms with E-state index >= 15 is 4.39 Å². The van der Waals surface area contributed by atoms with E-state index in [1.54, 1.807) is 13.2 Å². The van der Waals surface area contributed by atoms with Crippen molar-refractivity contribution in [2.45, 2.75) is 51.6 Å². The van der Waals surface area contributed by atoms with Crippen LogP contribution < -0.4 is 0 Å². The van der Waals surface area contributed by atoms with Crippen molar-refractivity contribution >= 4 is 0 Å². The Balaban J connectivity index is 1.54. The largest absolute Gasteiger partial charge is 0.392 e. The third kappa shape index (κ3) is 5.11. The molecule has 2 nitrogen and oxygen atoms in total. The first kappa shape index (κ1) is 22.7. The molecular formula is C29H33FO2. The molecule has 1 N–H and O–H groups in total. The minimum atomic E-state index is -0.234. The van der Waals surface area contributed by atoms with Crippen molar-refractivity contribution in [3.8, 4) is 22.3 Å². The quantitative estimate of drug-likeness (QED) is 0.430. The summed E-state index contributed by atoms with van der Waals surface area (Å²) in [5.74, 6) is 1.28. The van der Waals surface area contributed by atoms with Gasteiger partial charge < -0.3 is 9.84 Å². The third-order valence-electron chi connectivity index (χ3n) is 6.96. The van der Waals surface area contributed by atoms with Gasteiger partial charge in [0.1, 0.15) is 5.82 Å². The van der Waals surface area contributed by atoms with E-state index in [1.165, 1.54) is 31.2 Å². The van der Waals surface area contributed by atoms with E-state index in [0.717, 1.165) is 33.7 Å². The van der Waals surface area contributed by atoms with E-state index < -0.39 is 0 Å². The zero-order chi connectivity index (χ0) is 22.5. The van der Waals surface area contributed by atoms with Crippen LogP contribution >= 0.6 is 0 Å². The van der Waals surface area contributed by atoms with Crippen LogP contribution in [-0.2, 0) is 17.8 Å². The zero-order valence-corrected chi connectivity index (χ0v) is 19.1. The van der Waals surface area contributed by atoms with Crippen LogP contribution in [-0.4, -0.2) is 18.8 Å². The van der Waals surface area contributed by atoms with Gasteiger partial charge >= 0.3 is 0 Å². The standard InChI is InChI=1S/C29H33FO2/c1-20-3-5-21(6-4-20)22-7-9-23(10-8-22)24-13-14-28(29(30)18-24)26-11-12-27(19-31)25(17-26)15-16-32-2/h7-14,17-18,20-21,31H,3-6,15-16,19H2,1-2H3. The van der Waals surface area contributed by atoms with Crippen LogP contribution in [0.4, 0.5) is 4.39 Å². The molecule has 0 unspecified atom stereocenters. The minimum Gasteiger partial charge on any atom is -0.392 e. The molecule has 3 aromatic carbocycles. The van der Waals surface area contributed by atoms with Gasteiger partial charge in [0.25, 0.3) is 0 Å². The Morgan fingerprint density at radius 3 is 2.19 bits per heavy atom. The maximum atomic E-state index is 15.1. The highest BCUT2D eigenvalue weighted by Crippen LogP contribution is 2.36. The summed E-state index contributed by atoms with van der Waals surface area (Å²) in [4.78, 5) is 0. The van der Waals surface area contributed by atoms with E-state index in [2.05, 4.69) is 31.2 Å². The van der Waals surface area contributed by atoms with Gasteiger partial charge in [-0.3, -0.25) is 0 Å². The summed E-state index contributed by atoms with van der Waals surface area (Å²) in [6, 6.07) is 19.9. The predicted molar refractivity (Wildman–Crippen MR) is 129 cm³/mol. The monoisotopic (exact) mass is 432 g/mol. The van der Waals surface area contributed by atoms with Gasteiger partial charge in [0.2, 0.25) is 0 Å². The summed E-state index contributed by atoms with van der Waals surface area (Å²) in [7, 11) is 1.66. The molecule has 4 rings (SSSR count). The van der Waals surface area contributed by atoms with Crippen LogP contribution in [0.5, 0.6) is 0 Å². The lowest BCUT2D eigenvalue weighted by molar-refractivity contribution is 0.201. The topological polar surface area (TPSA) is 29.5 Å². The normalized spacial score (nSPS) is 18.6. The van der Waals surface area contributed by atoms with Gasteiger partial charge in [0.05, 0.1) is 13.2 Å². The number of ether oxygens (including phenoxy) is 1. The van der Waals surface area contributed by atoms with Crippen molar-refractivity contribution in [1.82, 2.24) is 0 Å². The lowest BCUT2D eigenvalue weighted by atomic mass is 9.79. The second-order valence-corrected chi connectivity index (χ2v) is 9.16. The van der Waals surface area contributed by atoms with E-state index in [9.17, 15) is 5.11 Å². The Kier molecular flexibility index (Phi) is 7.39. The van der Waals surface area contributed by atoms with E-state index in [4.69, 9.17) is 4.74 Å². The summed E-state index contributed by atoms with van der Waals surface area (Å²) < 4.78 is 20.3.